The minimum Gasteiger partial charge on any atom is -0.354 e. The standard InChI is InChI=1S/C17H21ClN6OS/c1-23-6-8-24(9-7-23)15-10-14(18)21-17(22-15)26-12-16(25)20-11-13-4-2-3-5-19-13/h2-5,10H,6-9,11-12H2,1H3,(H,20,25). The number of carbonyl (C=O) groups is 1. The topological polar surface area (TPSA) is 74.2 Å². The van der Waals surface area contributed by atoms with Gasteiger partial charge in [0.15, 0.2) is 5.16 Å². The summed E-state index contributed by atoms with van der Waals surface area (Å²) in [7, 11) is 2.11. The van der Waals surface area contributed by atoms with Crippen LogP contribution in [0.15, 0.2) is 35.6 Å². The van der Waals surface area contributed by atoms with E-state index >= 15 is 0 Å². The van der Waals surface area contributed by atoms with Crippen LogP contribution >= 0.6 is 23.4 Å². The number of anilines is 1. The molecular formula is C17H21ClN6OS. The highest BCUT2D eigenvalue weighted by Crippen LogP contribution is 2.22. The third-order valence-corrected chi connectivity index (χ3v) is 5.05. The lowest BCUT2D eigenvalue weighted by atomic mass is 10.3. The first-order valence-corrected chi connectivity index (χ1v) is 9.74. The molecule has 1 N–H and O–H groups in total. The fraction of sp³-hybridized carbons (Fsp3) is 0.412. The van der Waals surface area contributed by atoms with Crippen molar-refractivity contribution < 1.29 is 4.79 Å². The minimum atomic E-state index is -0.0922. The maximum absolute atomic E-state index is 12.0. The van der Waals surface area contributed by atoms with E-state index in [4.69, 9.17) is 11.6 Å². The Balaban J connectivity index is 1.53. The van der Waals surface area contributed by atoms with Crippen molar-refractivity contribution in [1.82, 2.24) is 25.2 Å². The molecular weight excluding hydrogens is 372 g/mol. The summed E-state index contributed by atoms with van der Waals surface area (Å²) in [4.78, 5) is 29.5. The molecule has 1 saturated heterocycles. The highest BCUT2D eigenvalue weighted by molar-refractivity contribution is 7.99. The fourth-order valence-electron chi connectivity index (χ4n) is 2.52. The zero-order valence-corrected chi connectivity index (χ0v) is 16.1. The number of aromatic nitrogens is 3. The molecule has 1 fully saturated rings. The number of likely N-dealkylation sites (N-methyl/N-ethyl adjacent to an activating group) is 1. The maximum atomic E-state index is 12.0. The molecule has 3 rings (SSSR count). The predicted molar refractivity (Wildman–Crippen MR) is 104 cm³/mol. The van der Waals surface area contributed by atoms with Crippen LogP contribution in [-0.4, -0.2) is 64.7 Å². The molecule has 138 valence electrons. The molecule has 1 aliphatic heterocycles. The zero-order valence-electron chi connectivity index (χ0n) is 14.6. The Morgan fingerprint density at radius 3 is 2.81 bits per heavy atom. The lowest BCUT2D eigenvalue weighted by Gasteiger charge is -2.33. The third-order valence-electron chi connectivity index (χ3n) is 4.01. The quantitative estimate of drug-likeness (QED) is 0.455. The molecule has 1 amide bonds. The Morgan fingerprint density at radius 2 is 2.08 bits per heavy atom. The van der Waals surface area contributed by atoms with Gasteiger partial charge < -0.3 is 15.1 Å². The molecule has 1 aliphatic rings. The second-order valence-electron chi connectivity index (χ2n) is 6.01. The van der Waals surface area contributed by atoms with Crippen molar-refractivity contribution in [2.24, 2.45) is 0 Å². The van der Waals surface area contributed by atoms with Gasteiger partial charge in [-0.2, -0.15) is 0 Å². The van der Waals surface area contributed by atoms with Gasteiger partial charge in [-0.3, -0.25) is 9.78 Å². The van der Waals surface area contributed by atoms with Gasteiger partial charge in [-0.15, -0.1) is 0 Å². The number of hydrogen-bond acceptors (Lipinski definition) is 7. The molecule has 0 aliphatic carbocycles. The summed E-state index contributed by atoms with van der Waals surface area (Å²) in [6.45, 7) is 4.18. The molecule has 0 spiro atoms. The molecule has 9 heteroatoms. The number of halogens is 1. The highest BCUT2D eigenvalue weighted by atomic mass is 35.5. The van der Waals surface area contributed by atoms with Gasteiger partial charge in [-0.25, -0.2) is 9.97 Å². The predicted octanol–water partition coefficient (Wildman–Crippen LogP) is 1.69. The largest absolute Gasteiger partial charge is 0.354 e. The van der Waals surface area contributed by atoms with Crippen molar-refractivity contribution in [3.8, 4) is 0 Å². The SMILES string of the molecule is CN1CCN(c2cc(Cl)nc(SCC(=O)NCc3ccccn3)n2)CC1. The number of nitrogens with zero attached hydrogens (tertiary/aromatic N) is 5. The zero-order chi connectivity index (χ0) is 18.4. The summed E-state index contributed by atoms with van der Waals surface area (Å²) < 4.78 is 0. The van der Waals surface area contributed by atoms with Gasteiger partial charge in [-0.05, 0) is 19.2 Å². The van der Waals surface area contributed by atoms with Crippen LogP contribution in [0.3, 0.4) is 0 Å². The first-order chi connectivity index (χ1) is 12.6. The normalized spacial score (nSPS) is 15.1. The van der Waals surface area contributed by atoms with Gasteiger partial charge in [0, 0.05) is 38.4 Å². The first kappa shape index (κ1) is 18.9. The lowest BCUT2D eigenvalue weighted by Crippen LogP contribution is -2.44. The Morgan fingerprint density at radius 1 is 1.27 bits per heavy atom. The molecule has 0 saturated carbocycles. The third kappa shape index (κ3) is 5.55. The van der Waals surface area contributed by atoms with E-state index in [1.807, 2.05) is 18.2 Å². The number of rotatable bonds is 6. The average Bonchev–Trinajstić information content (AvgIpc) is 2.66. The van der Waals surface area contributed by atoms with Crippen molar-refractivity contribution >= 4 is 35.1 Å². The average molecular weight is 393 g/mol. The number of pyridine rings is 1. The summed E-state index contributed by atoms with van der Waals surface area (Å²) in [6.07, 6.45) is 1.70. The van der Waals surface area contributed by atoms with Gasteiger partial charge in [0.2, 0.25) is 5.91 Å². The molecule has 0 radical (unpaired) electrons. The van der Waals surface area contributed by atoms with E-state index in [-0.39, 0.29) is 11.7 Å². The fourth-order valence-corrected chi connectivity index (χ4v) is 3.43. The van der Waals surface area contributed by atoms with Crippen LogP contribution in [0.1, 0.15) is 5.69 Å². The van der Waals surface area contributed by atoms with Gasteiger partial charge >= 0.3 is 0 Å². The van der Waals surface area contributed by atoms with E-state index in [0.29, 0.717) is 16.9 Å². The highest BCUT2D eigenvalue weighted by Gasteiger charge is 2.17. The van der Waals surface area contributed by atoms with Crippen LogP contribution in [0.25, 0.3) is 0 Å². The summed E-state index contributed by atoms with van der Waals surface area (Å²) >= 11 is 7.42. The maximum Gasteiger partial charge on any atom is 0.230 e. The van der Waals surface area contributed by atoms with E-state index in [9.17, 15) is 4.79 Å². The molecule has 0 bridgehead atoms. The monoisotopic (exact) mass is 392 g/mol. The number of nitrogens with one attached hydrogen (secondary N) is 1. The van der Waals surface area contributed by atoms with E-state index in [1.54, 1.807) is 12.3 Å². The molecule has 26 heavy (non-hydrogen) atoms. The minimum absolute atomic E-state index is 0.0922. The Labute approximate surface area is 162 Å². The summed E-state index contributed by atoms with van der Waals surface area (Å²) in [5.74, 6) is 0.954. The number of hydrogen-bond donors (Lipinski definition) is 1. The lowest BCUT2D eigenvalue weighted by molar-refractivity contribution is -0.118. The molecule has 2 aromatic rings. The number of carbonyl (C=O) groups excluding carboxylic acids is 1. The van der Waals surface area contributed by atoms with E-state index < -0.39 is 0 Å². The molecule has 0 unspecified atom stereocenters. The van der Waals surface area contributed by atoms with Gasteiger partial charge in [0.1, 0.15) is 11.0 Å². The van der Waals surface area contributed by atoms with Crippen molar-refractivity contribution in [3.05, 3.63) is 41.3 Å². The molecule has 0 atom stereocenters. The van der Waals surface area contributed by atoms with Crippen LogP contribution in [0.2, 0.25) is 5.15 Å². The van der Waals surface area contributed by atoms with Crippen LogP contribution < -0.4 is 10.2 Å². The number of piperazine rings is 1. The molecule has 7 nitrogen and oxygen atoms in total. The van der Waals surface area contributed by atoms with Gasteiger partial charge in [0.05, 0.1) is 18.0 Å². The second kappa shape index (κ2) is 9.16. The first-order valence-electron chi connectivity index (χ1n) is 8.37. The Kier molecular flexibility index (Phi) is 6.65. The van der Waals surface area contributed by atoms with Gasteiger partial charge in [0.25, 0.3) is 0 Å². The van der Waals surface area contributed by atoms with Crippen LogP contribution in [0, 0.1) is 0 Å². The van der Waals surface area contributed by atoms with Crippen molar-refractivity contribution in [3.63, 3.8) is 0 Å². The van der Waals surface area contributed by atoms with Crippen molar-refractivity contribution in [1.29, 1.82) is 0 Å². The summed E-state index contributed by atoms with van der Waals surface area (Å²) in [5, 5.41) is 3.75. The summed E-state index contributed by atoms with van der Waals surface area (Å²) in [6, 6.07) is 7.38. The molecule has 2 aromatic heterocycles. The number of amides is 1. The molecule has 0 aromatic carbocycles. The van der Waals surface area contributed by atoms with Crippen LogP contribution in [0.5, 0.6) is 0 Å². The van der Waals surface area contributed by atoms with Crippen molar-refractivity contribution in [2.75, 3.05) is 43.9 Å². The van der Waals surface area contributed by atoms with E-state index in [2.05, 4.69) is 37.1 Å². The van der Waals surface area contributed by atoms with Crippen LogP contribution in [-0.2, 0) is 11.3 Å². The molecule has 3 heterocycles. The van der Waals surface area contributed by atoms with E-state index in [0.717, 1.165) is 37.7 Å². The Hall–Kier alpha value is -1.90. The van der Waals surface area contributed by atoms with Crippen molar-refractivity contribution in [2.45, 2.75) is 11.7 Å². The summed E-state index contributed by atoms with van der Waals surface area (Å²) in [5.41, 5.74) is 0.821. The second-order valence-corrected chi connectivity index (χ2v) is 7.34. The van der Waals surface area contributed by atoms with Crippen LogP contribution in [0.4, 0.5) is 5.82 Å². The Bertz CT molecular complexity index is 739. The smallest absolute Gasteiger partial charge is 0.230 e. The van der Waals surface area contributed by atoms with E-state index in [1.165, 1.54) is 11.8 Å². The van der Waals surface area contributed by atoms with Gasteiger partial charge in [-0.1, -0.05) is 29.4 Å². The number of thioether (sulfide) groups is 1.